The van der Waals surface area contributed by atoms with Crippen LogP contribution in [0.25, 0.3) is 0 Å². The summed E-state index contributed by atoms with van der Waals surface area (Å²) in [6.45, 7) is 1.32. The number of carbonyl (C=O) groups is 3. The number of esters is 1. The SMILES string of the molecule is CCOC(=O)c1ccccc1NC(=O)COc1ccc(C=O)cc1[N+](=O)[O-]. The number of hydrogen-bond donors (Lipinski definition) is 1. The van der Waals surface area contributed by atoms with E-state index in [1.165, 1.54) is 24.3 Å². The van der Waals surface area contributed by atoms with Crippen LogP contribution < -0.4 is 10.1 Å². The van der Waals surface area contributed by atoms with E-state index in [2.05, 4.69) is 5.32 Å². The zero-order valence-corrected chi connectivity index (χ0v) is 14.3. The molecule has 0 bridgehead atoms. The van der Waals surface area contributed by atoms with Crippen molar-refractivity contribution in [3.63, 3.8) is 0 Å². The van der Waals surface area contributed by atoms with E-state index in [4.69, 9.17) is 9.47 Å². The molecule has 0 atom stereocenters. The van der Waals surface area contributed by atoms with Crippen molar-refractivity contribution < 1.29 is 28.8 Å². The molecule has 140 valence electrons. The number of aldehydes is 1. The van der Waals surface area contributed by atoms with Gasteiger partial charge >= 0.3 is 11.7 Å². The zero-order valence-electron chi connectivity index (χ0n) is 14.3. The fraction of sp³-hybridized carbons (Fsp3) is 0.167. The van der Waals surface area contributed by atoms with Crippen LogP contribution in [0, 0.1) is 10.1 Å². The number of benzene rings is 2. The number of nitrogens with one attached hydrogen (secondary N) is 1. The van der Waals surface area contributed by atoms with Gasteiger partial charge in [0.15, 0.2) is 12.4 Å². The van der Waals surface area contributed by atoms with Crippen molar-refractivity contribution in [2.24, 2.45) is 0 Å². The van der Waals surface area contributed by atoms with Gasteiger partial charge in [0.25, 0.3) is 5.91 Å². The van der Waals surface area contributed by atoms with E-state index >= 15 is 0 Å². The van der Waals surface area contributed by atoms with Gasteiger partial charge < -0.3 is 14.8 Å². The number of nitro groups is 1. The average Bonchev–Trinajstić information content (AvgIpc) is 2.66. The highest BCUT2D eigenvalue weighted by Crippen LogP contribution is 2.27. The maximum Gasteiger partial charge on any atom is 0.340 e. The Labute approximate surface area is 154 Å². The molecule has 27 heavy (non-hydrogen) atoms. The molecule has 2 aromatic rings. The smallest absolute Gasteiger partial charge is 0.340 e. The van der Waals surface area contributed by atoms with Crippen LogP contribution in [0.15, 0.2) is 42.5 Å². The predicted molar refractivity (Wildman–Crippen MR) is 95.0 cm³/mol. The van der Waals surface area contributed by atoms with Crippen molar-refractivity contribution in [2.75, 3.05) is 18.5 Å². The van der Waals surface area contributed by atoms with Crippen LogP contribution in [-0.2, 0) is 9.53 Å². The maximum absolute atomic E-state index is 12.1. The third-order valence-corrected chi connectivity index (χ3v) is 3.37. The predicted octanol–water partition coefficient (Wildman–Crippen LogP) is 2.60. The molecule has 0 aliphatic rings. The standard InChI is InChI=1S/C18H16N2O7/c1-2-26-18(23)13-5-3-4-6-14(13)19-17(22)11-27-16-8-7-12(10-21)9-15(16)20(24)25/h3-10H,2,11H2,1H3,(H,19,22). The van der Waals surface area contributed by atoms with E-state index in [1.807, 2.05) is 0 Å². The molecule has 0 spiro atoms. The molecule has 0 aromatic heterocycles. The summed E-state index contributed by atoms with van der Waals surface area (Å²) in [6, 6.07) is 9.89. The molecule has 2 rings (SSSR count). The zero-order chi connectivity index (χ0) is 19.8. The molecular formula is C18H16N2O7. The summed E-state index contributed by atoms with van der Waals surface area (Å²) in [6.07, 6.45) is 0.468. The lowest BCUT2D eigenvalue weighted by Crippen LogP contribution is -2.22. The molecule has 1 N–H and O–H groups in total. The van der Waals surface area contributed by atoms with Crippen molar-refractivity contribution in [2.45, 2.75) is 6.92 Å². The Morgan fingerprint density at radius 3 is 2.63 bits per heavy atom. The molecular weight excluding hydrogens is 356 g/mol. The van der Waals surface area contributed by atoms with E-state index < -0.39 is 29.1 Å². The molecule has 0 saturated heterocycles. The number of ether oxygens (including phenoxy) is 2. The molecule has 0 fully saturated rings. The first-order valence-corrected chi connectivity index (χ1v) is 7.88. The quantitative estimate of drug-likeness (QED) is 0.327. The molecule has 0 saturated carbocycles. The first-order chi connectivity index (χ1) is 13.0. The molecule has 2 aromatic carbocycles. The molecule has 0 heterocycles. The maximum atomic E-state index is 12.1. The number of amides is 1. The van der Waals surface area contributed by atoms with Gasteiger partial charge in [-0.25, -0.2) is 4.79 Å². The Bertz CT molecular complexity index is 880. The van der Waals surface area contributed by atoms with Gasteiger partial charge in [-0.15, -0.1) is 0 Å². The van der Waals surface area contributed by atoms with Gasteiger partial charge in [0.2, 0.25) is 0 Å². The minimum Gasteiger partial charge on any atom is -0.477 e. The summed E-state index contributed by atoms with van der Waals surface area (Å²) in [5.74, 6) is -1.37. The second-order valence-electron chi connectivity index (χ2n) is 5.21. The third kappa shape index (κ3) is 5.11. The molecule has 0 radical (unpaired) electrons. The lowest BCUT2D eigenvalue weighted by Gasteiger charge is -2.11. The molecule has 0 aliphatic heterocycles. The van der Waals surface area contributed by atoms with E-state index in [0.29, 0.717) is 6.29 Å². The van der Waals surface area contributed by atoms with Crippen LogP contribution >= 0.6 is 0 Å². The summed E-state index contributed by atoms with van der Waals surface area (Å²) in [5.41, 5.74) is 0.0885. The highest BCUT2D eigenvalue weighted by atomic mass is 16.6. The monoisotopic (exact) mass is 372 g/mol. The van der Waals surface area contributed by atoms with Gasteiger partial charge in [-0.3, -0.25) is 19.7 Å². The van der Waals surface area contributed by atoms with Crippen molar-refractivity contribution in [3.05, 3.63) is 63.7 Å². The third-order valence-electron chi connectivity index (χ3n) is 3.37. The summed E-state index contributed by atoms with van der Waals surface area (Å²) in [5, 5.41) is 13.6. The van der Waals surface area contributed by atoms with Gasteiger partial charge in [0, 0.05) is 11.6 Å². The first kappa shape index (κ1) is 19.6. The number of rotatable bonds is 8. The van der Waals surface area contributed by atoms with Crippen LogP contribution in [0.1, 0.15) is 27.6 Å². The van der Waals surface area contributed by atoms with Crippen molar-refractivity contribution >= 4 is 29.5 Å². The molecule has 9 heteroatoms. The first-order valence-electron chi connectivity index (χ1n) is 7.88. The Morgan fingerprint density at radius 2 is 1.96 bits per heavy atom. The fourth-order valence-corrected chi connectivity index (χ4v) is 2.18. The Kier molecular flexibility index (Phi) is 6.59. The van der Waals surface area contributed by atoms with E-state index in [0.717, 1.165) is 6.07 Å². The molecule has 9 nitrogen and oxygen atoms in total. The minimum atomic E-state index is -0.712. The molecule has 0 aliphatic carbocycles. The summed E-state index contributed by atoms with van der Waals surface area (Å²) < 4.78 is 10.1. The van der Waals surface area contributed by atoms with Gasteiger partial charge in [-0.05, 0) is 31.2 Å². The van der Waals surface area contributed by atoms with Crippen molar-refractivity contribution in [3.8, 4) is 5.75 Å². The number of carbonyl (C=O) groups excluding carboxylic acids is 3. The van der Waals surface area contributed by atoms with Crippen molar-refractivity contribution in [1.29, 1.82) is 0 Å². The number of para-hydroxylation sites is 1. The largest absolute Gasteiger partial charge is 0.477 e. The number of nitro benzene ring substituents is 1. The Morgan fingerprint density at radius 1 is 1.22 bits per heavy atom. The van der Waals surface area contributed by atoms with Gasteiger partial charge in [-0.1, -0.05) is 12.1 Å². The van der Waals surface area contributed by atoms with Crippen LogP contribution in [0.3, 0.4) is 0 Å². The molecule has 1 amide bonds. The number of hydrogen-bond acceptors (Lipinski definition) is 7. The van der Waals surface area contributed by atoms with Gasteiger partial charge in [-0.2, -0.15) is 0 Å². The lowest BCUT2D eigenvalue weighted by molar-refractivity contribution is -0.385. The van der Waals surface area contributed by atoms with E-state index in [9.17, 15) is 24.5 Å². The van der Waals surface area contributed by atoms with E-state index in [-0.39, 0.29) is 29.2 Å². The normalized spacial score (nSPS) is 9.96. The summed E-state index contributed by atoms with van der Waals surface area (Å²) in [7, 11) is 0. The highest BCUT2D eigenvalue weighted by Gasteiger charge is 2.18. The van der Waals surface area contributed by atoms with Crippen LogP contribution in [0.4, 0.5) is 11.4 Å². The molecule has 0 unspecified atom stereocenters. The van der Waals surface area contributed by atoms with Crippen molar-refractivity contribution in [1.82, 2.24) is 0 Å². The Hall–Kier alpha value is -3.75. The number of anilines is 1. The van der Waals surface area contributed by atoms with Gasteiger partial charge in [0.1, 0.15) is 6.29 Å². The Balaban J connectivity index is 2.09. The summed E-state index contributed by atoms with van der Waals surface area (Å²) in [4.78, 5) is 45.1. The second kappa shape index (κ2) is 9.09. The van der Waals surface area contributed by atoms with Crippen LogP contribution in [-0.4, -0.2) is 36.3 Å². The summed E-state index contributed by atoms with van der Waals surface area (Å²) >= 11 is 0. The van der Waals surface area contributed by atoms with Gasteiger partial charge in [0.05, 0.1) is 22.8 Å². The van der Waals surface area contributed by atoms with Crippen LogP contribution in [0.5, 0.6) is 5.75 Å². The fourth-order valence-electron chi connectivity index (χ4n) is 2.18. The number of nitrogens with zero attached hydrogens (tertiary/aromatic N) is 1. The lowest BCUT2D eigenvalue weighted by atomic mass is 10.2. The van der Waals surface area contributed by atoms with E-state index in [1.54, 1.807) is 19.1 Å². The van der Waals surface area contributed by atoms with Crippen LogP contribution in [0.2, 0.25) is 0 Å². The topological polar surface area (TPSA) is 125 Å². The average molecular weight is 372 g/mol. The highest BCUT2D eigenvalue weighted by molar-refractivity contribution is 6.01. The minimum absolute atomic E-state index is 0.113. The second-order valence-corrected chi connectivity index (χ2v) is 5.21.